The zero-order chi connectivity index (χ0) is 29.3. The van der Waals surface area contributed by atoms with Crippen molar-refractivity contribution in [2.45, 2.75) is 50.9 Å². The van der Waals surface area contributed by atoms with Crippen LogP contribution in [0.5, 0.6) is 5.88 Å². The van der Waals surface area contributed by atoms with Crippen LogP contribution in [0.15, 0.2) is 37.1 Å². The number of H-pyrrole nitrogens is 1. The van der Waals surface area contributed by atoms with Gasteiger partial charge in [0.2, 0.25) is 11.7 Å². The fourth-order valence-corrected chi connectivity index (χ4v) is 6.32. The third-order valence-corrected chi connectivity index (χ3v) is 8.35. The number of aliphatic hydroxyl groups excluding tert-OH is 1. The molecule has 5 heterocycles. The standard InChI is InChI=1S/C28H34F3N9O2/c29-28(30,31)26-37-20(4-8-41)9-23(38-26)42-21-2-6-39(7-3-21)13-18-10-27(11-18,15-32)16-40-14-19(12-36-40)24-22-1-5-33-25(22)35-17-34-24/h1,5,9,12,14,17-18,21,41H,2-4,6-8,10-11,13,15-16,32H2,(H,33,34,35). The summed E-state index contributed by atoms with van der Waals surface area (Å²) >= 11 is 0. The Balaban J connectivity index is 0.997. The first-order valence-corrected chi connectivity index (χ1v) is 14.2. The Morgan fingerprint density at radius 3 is 2.71 bits per heavy atom. The van der Waals surface area contributed by atoms with Crippen LogP contribution in [-0.4, -0.2) is 83.6 Å². The van der Waals surface area contributed by atoms with Gasteiger partial charge in [-0.1, -0.05) is 0 Å². The highest BCUT2D eigenvalue weighted by atomic mass is 19.4. The molecule has 1 saturated heterocycles. The van der Waals surface area contributed by atoms with Crippen LogP contribution in [0.3, 0.4) is 0 Å². The van der Waals surface area contributed by atoms with E-state index in [0.29, 0.717) is 25.3 Å². The van der Waals surface area contributed by atoms with Gasteiger partial charge in [-0.05, 0) is 44.2 Å². The van der Waals surface area contributed by atoms with Crippen molar-refractivity contribution in [1.29, 1.82) is 0 Å². The molecule has 0 amide bonds. The summed E-state index contributed by atoms with van der Waals surface area (Å²) in [4.78, 5) is 21.3. The fourth-order valence-electron chi connectivity index (χ4n) is 6.32. The summed E-state index contributed by atoms with van der Waals surface area (Å²) < 4.78 is 47.5. The molecule has 4 aromatic heterocycles. The number of aliphatic hydroxyl groups is 1. The van der Waals surface area contributed by atoms with E-state index in [9.17, 15) is 13.2 Å². The molecule has 1 aliphatic heterocycles. The molecule has 11 nitrogen and oxygen atoms in total. The minimum Gasteiger partial charge on any atom is -0.474 e. The summed E-state index contributed by atoms with van der Waals surface area (Å²) in [6.07, 6.45) is 5.78. The first kappa shape index (κ1) is 28.5. The lowest BCUT2D eigenvalue weighted by atomic mass is 9.61. The van der Waals surface area contributed by atoms with E-state index < -0.39 is 12.0 Å². The van der Waals surface area contributed by atoms with E-state index in [4.69, 9.17) is 15.6 Å². The van der Waals surface area contributed by atoms with Crippen molar-refractivity contribution in [3.63, 3.8) is 0 Å². The van der Waals surface area contributed by atoms with Crippen LogP contribution in [0.25, 0.3) is 22.3 Å². The third kappa shape index (κ3) is 6.10. The van der Waals surface area contributed by atoms with Crippen LogP contribution in [0.4, 0.5) is 13.2 Å². The van der Waals surface area contributed by atoms with E-state index in [1.54, 1.807) is 6.33 Å². The maximum absolute atomic E-state index is 13.2. The second-order valence-corrected chi connectivity index (χ2v) is 11.5. The van der Waals surface area contributed by atoms with Gasteiger partial charge in [0.25, 0.3) is 0 Å². The monoisotopic (exact) mass is 585 g/mol. The van der Waals surface area contributed by atoms with Gasteiger partial charge in [-0.25, -0.2) is 15.0 Å². The second-order valence-electron chi connectivity index (χ2n) is 11.5. The maximum Gasteiger partial charge on any atom is 0.451 e. The van der Waals surface area contributed by atoms with Gasteiger partial charge in [-0.15, -0.1) is 0 Å². The number of piperidine rings is 1. The molecule has 0 atom stereocenters. The van der Waals surface area contributed by atoms with Crippen molar-refractivity contribution in [2.24, 2.45) is 17.1 Å². The van der Waals surface area contributed by atoms with Gasteiger partial charge in [-0.3, -0.25) is 4.68 Å². The van der Waals surface area contributed by atoms with Gasteiger partial charge >= 0.3 is 6.18 Å². The van der Waals surface area contributed by atoms with E-state index >= 15 is 0 Å². The molecule has 224 valence electrons. The molecule has 2 aliphatic rings. The number of hydrogen-bond donors (Lipinski definition) is 3. The highest BCUT2D eigenvalue weighted by Gasteiger charge is 2.44. The molecule has 0 radical (unpaired) electrons. The number of fused-ring (bicyclic) bond motifs is 1. The molecular weight excluding hydrogens is 551 g/mol. The smallest absolute Gasteiger partial charge is 0.451 e. The van der Waals surface area contributed by atoms with Gasteiger partial charge in [0.05, 0.1) is 17.6 Å². The molecule has 2 fully saturated rings. The second kappa shape index (κ2) is 11.6. The average molecular weight is 586 g/mol. The fraction of sp³-hybridized carbons (Fsp3) is 0.536. The zero-order valence-corrected chi connectivity index (χ0v) is 23.1. The van der Waals surface area contributed by atoms with Gasteiger partial charge in [0.1, 0.15) is 18.1 Å². The van der Waals surface area contributed by atoms with Gasteiger partial charge < -0.3 is 25.5 Å². The van der Waals surface area contributed by atoms with E-state index in [-0.39, 0.29) is 36.1 Å². The number of nitrogens with two attached hydrogens (primary N) is 1. The predicted octanol–water partition coefficient (Wildman–Crippen LogP) is 3.06. The molecule has 0 unspecified atom stereocenters. The van der Waals surface area contributed by atoms with E-state index in [0.717, 1.165) is 61.3 Å². The summed E-state index contributed by atoms with van der Waals surface area (Å²) in [5, 5.41) is 14.7. The quantitative estimate of drug-likeness (QED) is 0.256. The molecule has 1 saturated carbocycles. The zero-order valence-electron chi connectivity index (χ0n) is 23.1. The average Bonchev–Trinajstić information content (AvgIpc) is 3.62. The highest BCUT2D eigenvalue weighted by molar-refractivity contribution is 5.89. The van der Waals surface area contributed by atoms with E-state index in [1.807, 2.05) is 29.3 Å². The first-order chi connectivity index (χ1) is 20.2. The number of nitrogens with zero attached hydrogens (tertiary/aromatic N) is 7. The van der Waals surface area contributed by atoms with Crippen molar-refractivity contribution >= 4 is 11.0 Å². The van der Waals surface area contributed by atoms with Crippen molar-refractivity contribution in [2.75, 3.05) is 32.8 Å². The molecule has 6 rings (SSSR count). The lowest BCUT2D eigenvalue weighted by molar-refractivity contribution is -0.145. The SMILES string of the molecule is NCC1(Cn2cc(-c3ncnc4[nH]ccc34)cn2)CC(CN2CCC(Oc3cc(CCO)nc(C(F)(F)F)n3)CC2)C1. The Bertz CT molecular complexity index is 1510. The number of aromatic nitrogens is 7. The van der Waals surface area contributed by atoms with Crippen LogP contribution in [0.1, 0.15) is 37.2 Å². The summed E-state index contributed by atoms with van der Waals surface area (Å²) in [6.45, 7) is 3.58. The summed E-state index contributed by atoms with van der Waals surface area (Å²) in [6, 6.07) is 3.35. The molecule has 4 aromatic rings. The van der Waals surface area contributed by atoms with Crippen molar-refractivity contribution in [3.05, 3.63) is 48.6 Å². The first-order valence-electron chi connectivity index (χ1n) is 14.2. The number of aromatic amines is 1. The number of nitrogens with one attached hydrogen (secondary N) is 1. The Morgan fingerprint density at radius 2 is 1.98 bits per heavy atom. The number of hydrogen-bond acceptors (Lipinski definition) is 9. The minimum absolute atomic E-state index is 0.0000507. The molecular formula is C28H34F3N9O2. The Kier molecular flexibility index (Phi) is 7.85. The summed E-state index contributed by atoms with van der Waals surface area (Å²) in [7, 11) is 0. The van der Waals surface area contributed by atoms with Crippen LogP contribution < -0.4 is 10.5 Å². The van der Waals surface area contributed by atoms with Crippen LogP contribution >= 0.6 is 0 Å². The van der Waals surface area contributed by atoms with Gasteiger partial charge in [0, 0.05) is 74.0 Å². The lowest BCUT2D eigenvalue weighted by Gasteiger charge is -2.49. The van der Waals surface area contributed by atoms with Gasteiger partial charge in [0.15, 0.2) is 0 Å². The molecule has 4 N–H and O–H groups in total. The normalized spacial score (nSPS) is 22.0. The Hall–Kier alpha value is -3.62. The van der Waals surface area contributed by atoms with E-state index in [2.05, 4.69) is 34.9 Å². The molecule has 14 heteroatoms. The third-order valence-electron chi connectivity index (χ3n) is 8.35. The largest absolute Gasteiger partial charge is 0.474 e. The van der Waals surface area contributed by atoms with Crippen molar-refractivity contribution in [3.8, 4) is 17.1 Å². The molecule has 42 heavy (non-hydrogen) atoms. The van der Waals surface area contributed by atoms with E-state index in [1.165, 1.54) is 6.07 Å². The number of alkyl halides is 3. The summed E-state index contributed by atoms with van der Waals surface area (Å²) in [5.41, 5.74) is 8.95. The number of likely N-dealkylation sites (tertiary alicyclic amines) is 1. The Morgan fingerprint density at radius 1 is 1.17 bits per heavy atom. The lowest BCUT2D eigenvalue weighted by Crippen LogP contribution is -2.51. The number of halogens is 3. The molecule has 0 bridgehead atoms. The maximum atomic E-state index is 13.2. The van der Waals surface area contributed by atoms with Crippen molar-refractivity contribution < 1.29 is 23.0 Å². The molecule has 0 spiro atoms. The van der Waals surface area contributed by atoms with Crippen LogP contribution in [-0.2, 0) is 19.1 Å². The van der Waals surface area contributed by atoms with Gasteiger partial charge in [-0.2, -0.15) is 23.3 Å². The minimum atomic E-state index is -4.68. The number of rotatable bonds is 10. The number of ether oxygens (including phenoxy) is 1. The van der Waals surface area contributed by atoms with Crippen molar-refractivity contribution in [1.82, 2.24) is 39.6 Å². The molecule has 1 aliphatic carbocycles. The van der Waals surface area contributed by atoms with Crippen LogP contribution in [0.2, 0.25) is 0 Å². The topological polar surface area (TPSA) is 144 Å². The van der Waals surface area contributed by atoms with Crippen LogP contribution in [0, 0.1) is 11.3 Å². The Labute approximate surface area is 240 Å². The predicted molar refractivity (Wildman–Crippen MR) is 147 cm³/mol. The highest BCUT2D eigenvalue weighted by Crippen LogP contribution is 2.47. The summed E-state index contributed by atoms with van der Waals surface area (Å²) in [5.74, 6) is -0.808. The molecule has 0 aromatic carbocycles.